The number of halogens is 1. The number of ether oxygens (including phenoxy) is 1. The third-order valence-corrected chi connectivity index (χ3v) is 4.57. The van der Waals surface area contributed by atoms with Gasteiger partial charge in [0, 0.05) is 20.0 Å². The van der Waals surface area contributed by atoms with Crippen molar-refractivity contribution in [2.24, 2.45) is 0 Å². The largest absolute Gasteiger partial charge is 0.484 e. The zero-order valence-corrected chi connectivity index (χ0v) is 15.3. The Hall–Kier alpha value is -3.30. The zero-order chi connectivity index (χ0) is 19.5. The summed E-state index contributed by atoms with van der Waals surface area (Å²) in [6.07, 6.45) is 3.50. The SMILES string of the molecule is Cc1nc(-c2cn([C@H]3CCCN(C(=O)COc4ccc(F)cc4)C3)nn2)no1. The van der Waals surface area contributed by atoms with Gasteiger partial charge in [-0.1, -0.05) is 10.4 Å². The second-order valence-electron chi connectivity index (χ2n) is 6.60. The van der Waals surface area contributed by atoms with E-state index in [9.17, 15) is 9.18 Å². The minimum atomic E-state index is -0.347. The molecule has 0 unspecified atom stereocenters. The number of benzene rings is 1. The van der Waals surface area contributed by atoms with Gasteiger partial charge in [0.05, 0.1) is 12.2 Å². The summed E-state index contributed by atoms with van der Waals surface area (Å²) in [6.45, 7) is 2.79. The van der Waals surface area contributed by atoms with Gasteiger partial charge in [-0.2, -0.15) is 4.98 Å². The van der Waals surface area contributed by atoms with Crippen molar-refractivity contribution in [2.75, 3.05) is 19.7 Å². The van der Waals surface area contributed by atoms with Gasteiger partial charge < -0.3 is 14.2 Å². The molecule has 2 aromatic heterocycles. The number of aryl methyl sites for hydroxylation is 1. The molecule has 1 amide bonds. The summed E-state index contributed by atoms with van der Waals surface area (Å²) in [4.78, 5) is 18.4. The molecule has 0 bridgehead atoms. The lowest BCUT2D eigenvalue weighted by Gasteiger charge is -2.32. The van der Waals surface area contributed by atoms with E-state index in [0.29, 0.717) is 36.2 Å². The molecule has 1 aliphatic heterocycles. The fourth-order valence-electron chi connectivity index (χ4n) is 3.13. The molecule has 0 spiro atoms. The van der Waals surface area contributed by atoms with Gasteiger partial charge in [-0.15, -0.1) is 5.10 Å². The van der Waals surface area contributed by atoms with E-state index in [0.717, 1.165) is 12.8 Å². The normalized spacial score (nSPS) is 16.9. The van der Waals surface area contributed by atoms with Gasteiger partial charge in [0.15, 0.2) is 12.3 Å². The van der Waals surface area contributed by atoms with Crippen molar-refractivity contribution in [2.45, 2.75) is 25.8 Å². The molecular weight excluding hydrogens is 367 g/mol. The maximum atomic E-state index is 12.9. The summed E-state index contributed by atoms with van der Waals surface area (Å²) in [7, 11) is 0. The van der Waals surface area contributed by atoms with Gasteiger partial charge in [-0.25, -0.2) is 9.07 Å². The number of piperidine rings is 1. The number of carbonyl (C=O) groups is 1. The predicted octanol–water partition coefficient (Wildman–Crippen LogP) is 2.02. The Labute approximate surface area is 160 Å². The first-order valence-corrected chi connectivity index (χ1v) is 8.97. The van der Waals surface area contributed by atoms with Crippen molar-refractivity contribution in [3.8, 4) is 17.3 Å². The molecule has 1 aliphatic rings. The second kappa shape index (κ2) is 7.75. The van der Waals surface area contributed by atoms with Crippen LogP contribution in [0, 0.1) is 12.7 Å². The highest BCUT2D eigenvalue weighted by Gasteiger charge is 2.26. The molecule has 28 heavy (non-hydrogen) atoms. The minimum absolute atomic E-state index is 0.0118. The standard InChI is InChI=1S/C18H19FN6O3/c1-12-20-18(22-28-12)16-10-25(23-21-16)14-3-2-8-24(9-14)17(26)11-27-15-6-4-13(19)5-7-15/h4-7,10,14H,2-3,8-9,11H2,1H3/t14-/m0/s1. The molecule has 0 radical (unpaired) electrons. The minimum Gasteiger partial charge on any atom is -0.484 e. The molecule has 3 aromatic rings. The number of carbonyl (C=O) groups excluding carboxylic acids is 1. The Bertz CT molecular complexity index is 954. The fourth-order valence-corrected chi connectivity index (χ4v) is 3.13. The monoisotopic (exact) mass is 386 g/mol. The third kappa shape index (κ3) is 4.00. The van der Waals surface area contributed by atoms with Gasteiger partial charge in [0.1, 0.15) is 11.6 Å². The second-order valence-corrected chi connectivity index (χ2v) is 6.60. The Kier molecular flexibility index (Phi) is 5.00. The van der Waals surface area contributed by atoms with E-state index in [1.165, 1.54) is 24.3 Å². The summed E-state index contributed by atoms with van der Waals surface area (Å²) in [5, 5.41) is 12.1. The maximum absolute atomic E-state index is 12.9. The molecule has 10 heteroatoms. The van der Waals surface area contributed by atoms with Gasteiger partial charge >= 0.3 is 0 Å². The molecular formula is C18H19FN6O3. The van der Waals surface area contributed by atoms with Crippen LogP contribution in [0.1, 0.15) is 24.8 Å². The van der Waals surface area contributed by atoms with Crippen molar-refractivity contribution in [1.29, 1.82) is 0 Å². The van der Waals surface area contributed by atoms with Crippen LogP contribution in [0.3, 0.4) is 0 Å². The summed E-state index contributed by atoms with van der Waals surface area (Å²) >= 11 is 0. The van der Waals surface area contributed by atoms with E-state index >= 15 is 0 Å². The van der Waals surface area contributed by atoms with Gasteiger partial charge in [-0.05, 0) is 37.1 Å². The lowest BCUT2D eigenvalue weighted by molar-refractivity contribution is -0.135. The van der Waals surface area contributed by atoms with Crippen LogP contribution < -0.4 is 4.74 Å². The molecule has 0 aliphatic carbocycles. The average Bonchev–Trinajstić information content (AvgIpc) is 3.36. The Balaban J connectivity index is 1.36. The molecule has 1 atom stereocenters. The first-order chi connectivity index (χ1) is 13.6. The first-order valence-electron chi connectivity index (χ1n) is 8.97. The Morgan fingerprint density at radius 3 is 2.93 bits per heavy atom. The van der Waals surface area contributed by atoms with E-state index in [4.69, 9.17) is 9.26 Å². The summed E-state index contributed by atoms with van der Waals surface area (Å²) in [6, 6.07) is 5.60. The molecule has 146 valence electrons. The Morgan fingerprint density at radius 2 is 2.18 bits per heavy atom. The highest BCUT2D eigenvalue weighted by Crippen LogP contribution is 2.23. The van der Waals surface area contributed by atoms with Crippen LogP contribution in [0.15, 0.2) is 35.0 Å². The van der Waals surface area contributed by atoms with Crippen LogP contribution >= 0.6 is 0 Å². The third-order valence-electron chi connectivity index (χ3n) is 4.57. The van der Waals surface area contributed by atoms with Crippen LogP contribution in [0.25, 0.3) is 11.5 Å². The molecule has 0 saturated carbocycles. The van der Waals surface area contributed by atoms with Gasteiger partial charge in [0.25, 0.3) is 5.91 Å². The molecule has 4 rings (SSSR count). The number of likely N-dealkylation sites (tertiary alicyclic amines) is 1. The molecule has 9 nitrogen and oxygen atoms in total. The first kappa shape index (κ1) is 18.1. The van der Waals surface area contributed by atoms with Gasteiger partial charge in [0.2, 0.25) is 11.7 Å². The lowest BCUT2D eigenvalue weighted by Crippen LogP contribution is -2.43. The van der Waals surface area contributed by atoms with E-state index in [1.807, 2.05) is 0 Å². The molecule has 1 fully saturated rings. The summed E-state index contributed by atoms with van der Waals surface area (Å²) in [5.74, 6) is 0.837. The fraction of sp³-hybridized carbons (Fsp3) is 0.389. The van der Waals surface area contributed by atoms with Crippen LogP contribution in [-0.4, -0.2) is 55.6 Å². The van der Waals surface area contributed by atoms with Crippen molar-refractivity contribution in [3.05, 3.63) is 42.2 Å². The Morgan fingerprint density at radius 1 is 1.36 bits per heavy atom. The average molecular weight is 386 g/mol. The van der Waals surface area contributed by atoms with Crippen molar-refractivity contribution in [1.82, 2.24) is 30.0 Å². The number of hydrogen-bond acceptors (Lipinski definition) is 7. The topological polar surface area (TPSA) is 99.2 Å². The summed E-state index contributed by atoms with van der Waals surface area (Å²) < 4.78 is 25.1. The zero-order valence-electron chi connectivity index (χ0n) is 15.3. The van der Waals surface area contributed by atoms with Crippen molar-refractivity contribution >= 4 is 5.91 Å². The number of hydrogen-bond donors (Lipinski definition) is 0. The number of nitrogens with zero attached hydrogens (tertiary/aromatic N) is 6. The molecule has 1 saturated heterocycles. The van der Waals surface area contributed by atoms with E-state index in [2.05, 4.69) is 20.5 Å². The smallest absolute Gasteiger partial charge is 0.260 e. The molecule has 1 aromatic carbocycles. The number of amides is 1. The van der Waals surface area contributed by atoms with Crippen LogP contribution in [0.2, 0.25) is 0 Å². The van der Waals surface area contributed by atoms with Gasteiger partial charge in [-0.3, -0.25) is 4.79 Å². The predicted molar refractivity (Wildman–Crippen MR) is 94.8 cm³/mol. The highest BCUT2D eigenvalue weighted by atomic mass is 19.1. The van der Waals surface area contributed by atoms with E-state index in [1.54, 1.807) is 22.7 Å². The number of rotatable bonds is 5. The van der Waals surface area contributed by atoms with Crippen LogP contribution in [0.5, 0.6) is 5.75 Å². The highest BCUT2D eigenvalue weighted by molar-refractivity contribution is 5.77. The van der Waals surface area contributed by atoms with Crippen LogP contribution in [-0.2, 0) is 4.79 Å². The number of aromatic nitrogens is 5. The van der Waals surface area contributed by atoms with Crippen molar-refractivity contribution < 1.29 is 18.4 Å². The van der Waals surface area contributed by atoms with Crippen molar-refractivity contribution in [3.63, 3.8) is 0 Å². The van der Waals surface area contributed by atoms with Crippen LogP contribution in [0.4, 0.5) is 4.39 Å². The maximum Gasteiger partial charge on any atom is 0.260 e. The quantitative estimate of drug-likeness (QED) is 0.661. The molecule has 0 N–H and O–H groups in total. The van der Waals surface area contributed by atoms with E-state index in [-0.39, 0.29) is 24.4 Å². The lowest BCUT2D eigenvalue weighted by atomic mass is 10.1. The van der Waals surface area contributed by atoms with E-state index < -0.39 is 0 Å². The molecule has 3 heterocycles. The summed E-state index contributed by atoms with van der Waals surface area (Å²) in [5.41, 5.74) is 0.528.